The number of pyridine rings is 1. The van der Waals surface area contributed by atoms with Crippen molar-refractivity contribution in [3.8, 4) is 0 Å². The Bertz CT molecular complexity index is 1090. The second-order valence-electron chi connectivity index (χ2n) is 6.61. The van der Waals surface area contributed by atoms with Crippen LogP contribution < -0.4 is 5.32 Å². The Hall–Kier alpha value is -3.04. The van der Waals surface area contributed by atoms with E-state index in [1.54, 1.807) is 18.4 Å². The molecule has 1 aliphatic rings. The van der Waals surface area contributed by atoms with Crippen molar-refractivity contribution in [2.24, 2.45) is 0 Å². The average molecular weight is 396 g/mol. The van der Waals surface area contributed by atoms with Crippen LogP contribution >= 0.6 is 0 Å². The van der Waals surface area contributed by atoms with E-state index in [-0.39, 0.29) is 0 Å². The molecular weight excluding hydrogens is 383 g/mol. The maximum atomic E-state index is 13.7. The van der Waals surface area contributed by atoms with Crippen molar-refractivity contribution in [1.29, 1.82) is 0 Å². The first-order valence-electron chi connectivity index (χ1n) is 8.43. The van der Waals surface area contributed by atoms with Crippen LogP contribution in [0.1, 0.15) is 30.0 Å². The molecule has 0 unspecified atom stereocenters. The van der Waals surface area contributed by atoms with E-state index >= 15 is 0 Å². The Morgan fingerprint density at radius 2 is 1.71 bits per heavy atom. The van der Waals surface area contributed by atoms with Gasteiger partial charge in [-0.3, -0.25) is 4.79 Å². The lowest BCUT2D eigenvalue weighted by atomic mass is 10.1. The normalized spacial score (nSPS) is 13.9. The number of nitrogens with zero attached hydrogens (tertiary/aromatic N) is 3. The molecule has 10 heteroatoms. The third-order valence-corrected chi connectivity index (χ3v) is 4.62. The number of rotatable bonds is 4. The number of benzene rings is 1. The molecule has 146 valence electrons. The molecule has 0 atom stereocenters. The number of fused-ring (bicyclic) bond motifs is 1. The van der Waals surface area contributed by atoms with Crippen molar-refractivity contribution in [2.45, 2.75) is 32.2 Å². The number of halogens is 5. The van der Waals surface area contributed by atoms with Gasteiger partial charge in [0.25, 0.3) is 0 Å². The number of carbonyl (C=O) groups excluding carboxylic acids is 1. The van der Waals surface area contributed by atoms with Gasteiger partial charge in [0.15, 0.2) is 28.9 Å². The number of aryl methyl sites for hydroxylation is 1. The molecule has 3 aromatic rings. The first kappa shape index (κ1) is 18.3. The van der Waals surface area contributed by atoms with Crippen LogP contribution in [0.4, 0.5) is 27.6 Å². The van der Waals surface area contributed by atoms with Gasteiger partial charge in [0.05, 0.1) is 5.69 Å². The number of amides is 1. The highest BCUT2D eigenvalue weighted by atomic mass is 19.2. The molecule has 2 aromatic heterocycles. The Morgan fingerprint density at radius 3 is 2.32 bits per heavy atom. The topological polar surface area (TPSA) is 59.8 Å². The lowest BCUT2D eigenvalue weighted by Gasteiger charge is -2.10. The second kappa shape index (κ2) is 6.54. The minimum atomic E-state index is -2.29. The number of anilines is 1. The van der Waals surface area contributed by atoms with E-state index in [0.29, 0.717) is 17.3 Å². The first-order chi connectivity index (χ1) is 13.3. The summed E-state index contributed by atoms with van der Waals surface area (Å²) < 4.78 is 68.4. The quantitative estimate of drug-likeness (QED) is 0.413. The van der Waals surface area contributed by atoms with Crippen LogP contribution in [0.3, 0.4) is 0 Å². The zero-order chi connectivity index (χ0) is 20.2. The van der Waals surface area contributed by atoms with Crippen LogP contribution in [-0.2, 0) is 11.3 Å². The highest BCUT2D eigenvalue weighted by Gasteiger charge is 2.29. The van der Waals surface area contributed by atoms with Gasteiger partial charge in [-0.25, -0.2) is 31.6 Å². The fourth-order valence-corrected chi connectivity index (χ4v) is 3.18. The van der Waals surface area contributed by atoms with E-state index < -0.39 is 47.2 Å². The summed E-state index contributed by atoms with van der Waals surface area (Å²) in [6.45, 7) is 1.24. The highest BCUT2D eigenvalue weighted by molar-refractivity contribution is 5.92. The predicted octanol–water partition coefficient (Wildman–Crippen LogP) is 3.95. The molecule has 1 aliphatic carbocycles. The van der Waals surface area contributed by atoms with Crippen LogP contribution in [0, 0.1) is 36.0 Å². The lowest BCUT2D eigenvalue weighted by Crippen LogP contribution is -2.22. The van der Waals surface area contributed by atoms with Crippen LogP contribution in [0.5, 0.6) is 0 Å². The summed E-state index contributed by atoms with van der Waals surface area (Å²) >= 11 is 0. The van der Waals surface area contributed by atoms with Gasteiger partial charge in [-0.1, -0.05) is 0 Å². The van der Waals surface area contributed by atoms with Crippen LogP contribution in [-0.4, -0.2) is 20.7 Å². The first-order valence-corrected chi connectivity index (χ1v) is 8.43. The fourth-order valence-electron chi connectivity index (χ4n) is 3.18. The Kier molecular flexibility index (Phi) is 4.28. The van der Waals surface area contributed by atoms with E-state index in [2.05, 4.69) is 10.1 Å². The molecular formula is C18H13F5N4O. The number of nitrogens with one attached hydrogen (secondary N) is 1. The van der Waals surface area contributed by atoms with Crippen molar-refractivity contribution in [1.82, 2.24) is 14.8 Å². The minimum absolute atomic E-state index is 0.407. The Balaban J connectivity index is 1.65. The van der Waals surface area contributed by atoms with Crippen molar-refractivity contribution in [3.63, 3.8) is 0 Å². The fraction of sp³-hybridized carbons (Fsp3) is 0.278. The minimum Gasteiger partial charge on any atom is -0.319 e. The molecule has 0 aliphatic heterocycles. The van der Waals surface area contributed by atoms with Gasteiger partial charge in [-0.2, -0.15) is 5.10 Å². The highest BCUT2D eigenvalue weighted by Crippen LogP contribution is 2.43. The van der Waals surface area contributed by atoms with Gasteiger partial charge in [-0.15, -0.1) is 0 Å². The summed E-state index contributed by atoms with van der Waals surface area (Å²) in [6.07, 6.45) is 3.67. The average Bonchev–Trinajstić information content (AvgIpc) is 3.47. The van der Waals surface area contributed by atoms with Crippen molar-refractivity contribution in [2.75, 3.05) is 5.32 Å². The molecule has 0 spiro atoms. The molecule has 1 saturated carbocycles. The Morgan fingerprint density at radius 1 is 1.11 bits per heavy atom. The van der Waals surface area contributed by atoms with Crippen LogP contribution in [0.15, 0.2) is 12.3 Å². The van der Waals surface area contributed by atoms with Crippen LogP contribution in [0.25, 0.3) is 11.0 Å². The number of hydrogen-bond donors (Lipinski definition) is 1. The summed E-state index contributed by atoms with van der Waals surface area (Å²) in [5, 5.41) is 6.77. The number of aromatic nitrogens is 3. The third-order valence-electron chi connectivity index (χ3n) is 4.62. The van der Waals surface area contributed by atoms with E-state index in [9.17, 15) is 26.7 Å². The van der Waals surface area contributed by atoms with Crippen molar-refractivity contribution in [3.05, 3.63) is 52.6 Å². The maximum Gasteiger partial charge on any atom is 0.246 e. The Labute approximate surface area is 155 Å². The number of carbonyl (C=O) groups is 1. The van der Waals surface area contributed by atoms with E-state index in [0.717, 1.165) is 23.8 Å². The molecule has 5 nitrogen and oxygen atoms in total. The van der Waals surface area contributed by atoms with E-state index in [1.807, 2.05) is 6.07 Å². The smallest absolute Gasteiger partial charge is 0.246 e. The molecule has 1 amide bonds. The molecule has 1 aromatic carbocycles. The van der Waals surface area contributed by atoms with Gasteiger partial charge in [0, 0.05) is 11.6 Å². The molecule has 28 heavy (non-hydrogen) atoms. The monoisotopic (exact) mass is 396 g/mol. The molecule has 0 saturated heterocycles. The third kappa shape index (κ3) is 2.88. The maximum absolute atomic E-state index is 13.7. The lowest BCUT2D eigenvalue weighted by molar-refractivity contribution is -0.116. The van der Waals surface area contributed by atoms with E-state index in [1.165, 1.54) is 4.68 Å². The van der Waals surface area contributed by atoms with Gasteiger partial charge in [-0.05, 0) is 37.3 Å². The molecule has 2 heterocycles. The van der Waals surface area contributed by atoms with Gasteiger partial charge < -0.3 is 5.32 Å². The van der Waals surface area contributed by atoms with Gasteiger partial charge in [0.1, 0.15) is 12.2 Å². The van der Waals surface area contributed by atoms with Gasteiger partial charge in [0.2, 0.25) is 11.7 Å². The molecule has 1 fully saturated rings. The van der Waals surface area contributed by atoms with Crippen LogP contribution in [0.2, 0.25) is 0 Å². The SMILES string of the molecule is Cc1nn(CC(=O)Nc2c(F)c(F)c(F)c(F)c2F)c2nccc(C3CC3)c12. The van der Waals surface area contributed by atoms with Gasteiger partial charge >= 0.3 is 0 Å². The second-order valence-corrected chi connectivity index (χ2v) is 6.61. The van der Waals surface area contributed by atoms with Crippen molar-refractivity contribution < 1.29 is 26.7 Å². The summed E-state index contributed by atoms with van der Waals surface area (Å²) in [6, 6.07) is 1.88. The summed E-state index contributed by atoms with van der Waals surface area (Å²) in [4.78, 5) is 16.4. The van der Waals surface area contributed by atoms with Crippen molar-refractivity contribution >= 4 is 22.6 Å². The summed E-state index contributed by atoms with van der Waals surface area (Å²) in [5.74, 6) is -11.4. The molecule has 1 N–H and O–H groups in total. The molecule has 0 bridgehead atoms. The number of hydrogen-bond acceptors (Lipinski definition) is 3. The largest absolute Gasteiger partial charge is 0.319 e. The summed E-state index contributed by atoms with van der Waals surface area (Å²) in [5.41, 5.74) is 0.707. The standard InChI is InChI=1S/C18H13F5N4O/c1-7-11-9(8-2-3-8)4-5-24-18(11)27(26-7)6-10(28)25-17-15(22)13(20)12(19)14(21)16(17)23/h4-5,8H,2-3,6H2,1H3,(H,25,28). The zero-order valence-electron chi connectivity index (χ0n) is 14.5. The van der Waals surface area contributed by atoms with E-state index in [4.69, 9.17) is 0 Å². The molecule has 0 radical (unpaired) electrons. The predicted molar refractivity (Wildman–Crippen MR) is 89.1 cm³/mol. The summed E-state index contributed by atoms with van der Waals surface area (Å²) in [7, 11) is 0. The molecule has 4 rings (SSSR count). The zero-order valence-corrected chi connectivity index (χ0v) is 14.5.